The van der Waals surface area contributed by atoms with Crippen LogP contribution in [-0.2, 0) is 4.79 Å². The summed E-state index contributed by atoms with van der Waals surface area (Å²) in [7, 11) is 2.06. The maximum atomic E-state index is 12.3. The van der Waals surface area contributed by atoms with Crippen LogP contribution >= 0.6 is 0 Å². The van der Waals surface area contributed by atoms with Crippen LogP contribution in [0.25, 0.3) is 0 Å². The number of hydrogen-bond donors (Lipinski definition) is 0. The normalized spacial score (nSPS) is 20.2. The molecule has 2 saturated heterocycles. The van der Waals surface area contributed by atoms with E-state index >= 15 is 0 Å². The third-order valence-corrected chi connectivity index (χ3v) is 4.12. The second-order valence-electron chi connectivity index (χ2n) is 5.63. The van der Waals surface area contributed by atoms with Gasteiger partial charge in [0, 0.05) is 51.7 Å². The maximum Gasteiger partial charge on any atom is 0.274 e. The molecule has 0 aliphatic carbocycles. The van der Waals surface area contributed by atoms with Crippen molar-refractivity contribution in [2.24, 2.45) is 5.92 Å². The van der Waals surface area contributed by atoms with Crippen LogP contribution in [-0.4, -0.2) is 82.8 Å². The Hall–Kier alpha value is -2.02. The summed E-state index contributed by atoms with van der Waals surface area (Å²) in [5.74, 6) is -0.0362. The number of carbonyl (C=O) groups is 2. The molecule has 7 nitrogen and oxygen atoms in total. The van der Waals surface area contributed by atoms with E-state index in [0.717, 1.165) is 26.2 Å². The van der Waals surface area contributed by atoms with Gasteiger partial charge in [0.25, 0.3) is 5.91 Å². The zero-order valence-corrected chi connectivity index (χ0v) is 12.1. The molecule has 0 aromatic carbocycles. The van der Waals surface area contributed by atoms with E-state index < -0.39 is 0 Å². The van der Waals surface area contributed by atoms with Crippen LogP contribution in [0.2, 0.25) is 0 Å². The molecule has 0 atom stereocenters. The molecule has 2 aliphatic heterocycles. The Morgan fingerprint density at radius 1 is 1.10 bits per heavy atom. The number of amides is 2. The number of aromatic nitrogens is 2. The molecule has 21 heavy (non-hydrogen) atoms. The first-order valence-electron chi connectivity index (χ1n) is 7.18. The molecule has 3 rings (SSSR count). The number of rotatable bonds is 2. The largest absolute Gasteiger partial charge is 0.340 e. The Morgan fingerprint density at radius 3 is 2.43 bits per heavy atom. The molecule has 1 aromatic heterocycles. The average Bonchev–Trinajstić information content (AvgIpc) is 2.47. The molecule has 0 N–H and O–H groups in total. The van der Waals surface area contributed by atoms with E-state index in [1.807, 2.05) is 4.90 Å². The quantitative estimate of drug-likeness (QED) is 0.722. The van der Waals surface area contributed by atoms with Crippen molar-refractivity contribution in [3.8, 4) is 0 Å². The lowest BCUT2D eigenvalue weighted by molar-refractivity contribution is -0.141. The van der Waals surface area contributed by atoms with Gasteiger partial charge in [-0.15, -0.1) is 0 Å². The zero-order chi connectivity index (χ0) is 14.8. The fraction of sp³-hybridized carbons (Fsp3) is 0.571. The molecular formula is C14H19N5O2. The SMILES string of the molecule is CN1CCN(C(=O)C2CN(C(=O)c3cnccn3)C2)CC1. The van der Waals surface area contributed by atoms with E-state index in [1.165, 1.54) is 18.6 Å². The molecule has 0 bridgehead atoms. The highest BCUT2D eigenvalue weighted by molar-refractivity contribution is 5.94. The maximum absolute atomic E-state index is 12.3. The molecule has 112 valence electrons. The highest BCUT2D eigenvalue weighted by Gasteiger charge is 2.38. The van der Waals surface area contributed by atoms with Gasteiger partial charge in [-0.2, -0.15) is 0 Å². The van der Waals surface area contributed by atoms with Crippen molar-refractivity contribution in [2.75, 3.05) is 46.3 Å². The summed E-state index contributed by atoms with van der Waals surface area (Å²) in [5.41, 5.74) is 0.336. The smallest absolute Gasteiger partial charge is 0.274 e. The Labute approximate surface area is 123 Å². The lowest BCUT2D eigenvalue weighted by Gasteiger charge is -2.42. The lowest BCUT2D eigenvalue weighted by Crippen LogP contribution is -2.58. The molecule has 0 spiro atoms. The van der Waals surface area contributed by atoms with Gasteiger partial charge in [0.1, 0.15) is 5.69 Å². The summed E-state index contributed by atoms with van der Waals surface area (Å²) < 4.78 is 0. The van der Waals surface area contributed by atoms with Crippen molar-refractivity contribution in [3.05, 3.63) is 24.3 Å². The second kappa shape index (κ2) is 5.77. The Balaban J connectivity index is 1.51. The van der Waals surface area contributed by atoms with Crippen LogP contribution in [0.15, 0.2) is 18.6 Å². The van der Waals surface area contributed by atoms with Crippen LogP contribution in [0.3, 0.4) is 0 Å². The summed E-state index contributed by atoms with van der Waals surface area (Å²) in [4.78, 5) is 38.1. The first-order valence-corrected chi connectivity index (χ1v) is 7.18. The van der Waals surface area contributed by atoms with Gasteiger partial charge in [0.05, 0.1) is 12.1 Å². The monoisotopic (exact) mass is 289 g/mol. The molecule has 7 heteroatoms. The Morgan fingerprint density at radius 2 is 1.81 bits per heavy atom. The van der Waals surface area contributed by atoms with Crippen molar-refractivity contribution in [1.29, 1.82) is 0 Å². The lowest BCUT2D eigenvalue weighted by atomic mass is 9.97. The molecule has 2 amide bonds. The summed E-state index contributed by atoms with van der Waals surface area (Å²) in [6.07, 6.45) is 4.49. The van der Waals surface area contributed by atoms with Gasteiger partial charge in [-0.05, 0) is 7.05 Å². The van der Waals surface area contributed by atoms with Crippen LogP contribution in [0.1, 0.15) is 10.5 Å². The second-order valence-corrected chi connectivity index (χ2v) is 5.63. The summed E-state index contributed by atoms with van der Waals surface area (Å²) in [6.45, 7) is 4.37. The Kier molecular flexibility index (Phi) is 3.83. The van der Waals surface area contributed by atoms with Crippen LogP contribution < -0.4 is 0 Å². The highest BCUT2D eigenvalue weighted by atomic mass is 16.2. The predicted molar refractivity (Wildman–Crippen MR) is 75.5 cm³/mol. The third kappa shape index (κ3) is 2.87. The van der Waals surface area contributed by atoms with E-state index in [2.05, 4.69) is 21.9 Å². The fourth-order valence-electron chi connectivity index (χ4n) is 2.66. The fourth-order valence-corrected chi connectivity index (χ4v) is 2.66. The predicted octanol–water partition coefficient (Wildman–Crippen LogP) is -0.677. The standard InChI is InChI=1S/C14H19N5O2/c1-17-4-6-18(7-5-17)13(20)11-9-19(10-11)14(21)12-8-15-2-3-16-12/h2-3,8,11H,4-7,9-10H2,1H3. The third-order valence-electron chi connectivity index (χ3n) is 4.12. The highest BCUT2D eigenvalue weighted by Crippen LogP contribution is 2.20. The zero-order valence-electron chi connectivity index (χ0n) is 12.1. The number of likely N-dealkylation sites (N-methyl/N-ethyl adjacent to an activating group) is 1. The van der Waals surface area contributed by atoms with Gasteiger partial charge in [-0.25, -0.2) is 4.98 Å². The first-order chi connectivity index (χ1) is 10.1. The molecule has 2 fully saturated rings. The van der Waals surface area contributed by atoms with Crippen molar-refractivity contribution < 1.29 is 9.59 Å². The number of likely N-dealkylation sites (tertiary alicyclic amines) is 1. The van der Waals surface area contributed by atoms with E-state index in [9.17, 15) is 9.59 Å². The van der Waals surface area contributed by atoms with E-state index in [1.54, 1.807) is 4.90 Å². The topological polar surface area (TPSA) is 69.6 Å². The van der Waals surface area contributed by atoms with Crippen LogP contribution in [0.5, 0.6) is 0 Å². The minimum Gasteiger partial charge on any atom is -0.340 e. The van der Waals surface area contributed by atoms with Gasteiger partial charge in [-0.3, -0.25) is 14.6 Å². The molecule has 0 saturated carbocycles. The van der Waals surface area contributed by atoms with Gasteiger partial charge < -0.3 is 14.7 Å². The molecular weight excluding hydrogens is 270 g/mol. The summed E-state index contributed by atoms with van der Waals surface area (Å²) in [5, 5.41) is 0. The first kappa shape index (κ1) is 13.9. The molecule has 2 aliphatic rings. The van der Waals surface area contributed by atoms with Crippen molar-refractivity contribution in [3.63, 3.8) is 0 Å². The number of nitrogens with zero attached hydrogens (tertiary/aromatic N) is 5. The van der Waals surface area contributed by atoms with Gasteiger partial charge in [-0.1, -0.05) is 0 Å². The number of piperazine rings is 1. The van der Waals surface area contributed by atoms with E-state index in [-0.39, 0.29) is 17.7 Å². The Bertz CT molecular complexity index is 521. The number of carbonyl (C=O) groups excluding carboxylic acids is 2. The van der Waals surface area contributed by atoms with Crippen LogP contribution in [0.4, 0.5) is 0 Å². The minimum atomic E-state index is -0.148. The number of hydrogen-bond acceptors (Lipinski definition) is 5. The summed E-state index contributed by atoms with van der Waals surface area (Å²) in [6, 6.07) is 0. The van der Waals surface area contributed by atoms with Gasteiger partial charge in [0.15, 0.2) is 0 Å². The van der Waals surface area contributed by atoms with E-state index in [4.69, 9.17) is 0 Å². The summed E-state index contributed by atoms with van der Waals surface area (Å²) >= 11 is 0. The van der Waals surface area contributed by atoms with Crippen LogP contribution in [0, 0.1) is 5.92 Å². The molecule has 0 radical (unpaired) electrons. The van der Waals surface area contributed by atoms with E-state index in [0.29, 0.717) is 18.8 Å². The van der Waals surface area contributed by atoms with Gasteiger partial charge in [0.2, 0.25) is 5.91 Å². The molecule has 1 aromatic rings. The van der Waals surface area contributed by atoms with Crippen molar-refractivity contribution in [2.45, 2.75) is 0 Å². The molecule has 3 heterocycles. The average molecular weight is 289 g/mol. The van der Waals surface area contributed by atoms with Crippen molar-refractivity contribution in [1.82, 2.24) is 24.7 Å². The van der Waals surface area contributed by atoms with Gasteiger partial charge >= 0.3 is 0 Å². The minimum absolute atomic E-state index is 0.0611. The molecule has 0 unspecified atom stereocenters. The van der Waals surface area contributed by atoms with Crippen molar-refractivity contribution >= 4 is 11.8 Å².